The highest BCUT2D eigenvalue weighted by Gasteiger charge is 2.15. The van der Waals surface area contributed by atoms with Gasteiger partial charge in [-0.2, -0.15) is 0 Å². The molecule has 0 rings (SSSR count). The number of methoxy groups -OCH3 is 1. The number of alkyl carbamates (subject to hydrolysis) is 1. The van der Waals surface area contributed by atoms with Crippen LogP contribution in [0.3, 0.4) is 0 Å². The number of carbonyl (C=O) groups is 1. The minimum atomic E-state index is -0.499. The molecule has 10 heteroatoms. The quantitative estimate of drug-likeness (QED) is 0.265. The van der Waals surface area contributed by atoms with Crippen molar-refractivity contribution in [3.8, 4) is 0 Å². The van der Waals surface area contributed by atoms with Crippen LogP contribution in [0.25, 0.3) is 0 Å². The lowest BCUT2D eigenvalue weighted by atomic mass is 10.2. The average molecular weight is 440 g/mol. The van der Waals surface area contributed by atoms with Crippen LogP contribution < -0.4 is 5.32 Å². The summed E-state index contributed by atoms with van der Waals surface area (Å²) in [6.45, 7) is 12.5. The van der Waals surface area contributed by atoms with Crippen molar-refractivity contribution in [3.05, 3.63) is 0 Å². The Morgan fingerprint density at radius 1 is 0.600 bits per heavy atom. The van der Waals surface area contributed by atoms with Gasteiger partial charge in [-0.3, -0.25) is 0 Å². The Labute approximate surface area is 180 Å². The standard InChI is InChI=1S/C20H41NO9/c1-20(2,3)30-19(22)21-5-6-24-9-10-26-13-14-28-17-18-29-16-15-27-12-11-25-8-7-23-4/h5-18H2,1-4H3,(H,21,22). The van der Waals surface area contributed by atoms with E-state index in [1.54, 1.807) is 7.11 Å². The molecule has 0 heterocycles. The van der Waals surface area contributed by atoms with Crippen LogP contribution in [0, 0.1) is 0 Å². The van der Waals surface area contributed by atoms with E-state index in [4.69, 9.17) is 37.9 Å². The molecular weight excluding hydrogens is 398 g/mol. The summed E-state index contributed by atoms with van der Waals surface area (Å²) in [5.74, 6) is 0. The van der Waals surface area contributed by atoms with E-state index < -0.39 is 11.7 Å². The molecule has 0 aromatic heterocycles. The highest BCUT2D eigenvalue weighted by Crippen LogP contribution is 2.05. The molecule has 0 unspecified atom stereocenters. The fraction of sp³-hybridized carbons (Fsp3) is 0.950. The summed E-state index contributed by atoms with van der Waals surface area (Å²) in [6.07, 6.45) is -0.445. The van der Waals surface area contributed by atoms with E-state index in [1.165, 1.54) is 0 Å². The smallest absolute Gasteiger partial charge is 0.407 e. The molecule has 0 bridgehead atoms. The minimum absolute atomic E-state index is 0.394. The monoisotopic (exact) mass is 439 g/mol. The third kappa shape index (κ3) is 25.0. The maximum Gasteiger partial charge on any atom is 0.407 e. The highest BCUT2D eigenvalue weighted by atomic mass is 16.6. The maximum absolute atomic E-state index is 11.4. The Bertz CT molecular complexity index is 378. The van der Waals surface area contributed by atoms with E-state index in [-0.39, 0.29) is 0 Å². The van der Waals surface area contributed by atoms with Gasteiger partial charge in [-0.25, -0.2) is 4.79 Å². The minimum Gasteiger partial charge on any atom is -0.444 e. The molecule has 0 spiro atoms. The molecule has 0 saturated heterocycles. The van der Waals surface area contributed by atoms with Crippen LogP contribution in [0.2, 0.25) is 0 Å². The van der Waals surface area contributed by atoms with Gasteiger partial charge < -0.3 is 43.2 Å². The molecule has 0 aromatic rings. The zero-order chi connectivity index (χ0) is 22.3. The number of carbonyl (C=O) groups excluding carboxylic acids is 1. The van der Waals surface area contributed by atoms with Gasteiger partial charge in [0.1, 0.15) is 5.60 Å². The molecule has 0 aliphatic carbocycles. The van der Waals surface area contributed by atoms with Crippen LogP contribution >= 0.6 is 0 Å². The summed E-state index contributed by atoms with van der Waals surface area (Å²) in [6, 6.07) is 0. The topological polar surface area (TPSA) is 103 Å². The van der Waals surface area contributed by atoms with Crippen molar-refractivity contribution in [2.75, 3.05) is 99.5 Å². The summed E-state index contributed by atoms with van der Waals surface area (Å²) in [5.41, 5.74) is -0.499. The summed E-state index contributed by atoms with van der Waals surface area (Å²) < 4.78 is 42.2. The van der Waals surface area contributed by atoms with Gasteiger partial charge in [-0.1, -0.05) is 0 Å². The van der Waals surface area contributed by atoms with Crippen molar-refractivity contribution in [1.82, 2.24) is 5.32 Å². The molecule has 1 amide bonds. The fourth-order valence-electron chi connectivity index (χ4n) is 1.88. The number of ether oxygens (including phenoxy) is 8. The molecule has 180 valence electrons. The fourth-order valence-corrected chi connectivity index (χ4v) is 1.88. The second-order valence-electron chi connectivity index (χ2n) is 7.10. The normalized spacial score (nSPS) is 11.6. The zero-order valence-corrected chi connectivity index (χ0v) is 19.1. The SMILES string of the molecule is COCCOCCOCCOCCOCCOCCOCCNC(=O)OC(C)(C)C. The predicted molar refractivity (Wildman–Crippen MR) is 111 cm³/mol. The third-order valence-corrected chi connectivity index (χ3v) is 3.21. The largest absolute Gasteiger partial charge is 0.444 e. The molecule has 0 atom stereocenters. The van der Waals surface area contributed by atoms with Crippen LogP contribution in [0.15, 0.2) is 0 Å². The maximum atomic E-state index is 11.4. The Hall–Kier alpha value is -1.01. The van der Waals surface area contributed by atoms with Crippen molar-refractivity contribution in [2.24, 2.45) is 0 Å². The van der Waals surface area contributed by atoms with Gasteiger partial charge in [0.25, 0.3) is 0 Å². The van der Waals surface area contributed by atoms with Gasteiger partial charge >= 0.3 is 6.09 Å². The average Bonchev–Trinajstić information content (AvgIpc) is 2.68. The second kappa shape index (κ2) is 21.2. The lowest BCUT2D eigenvalue weighted by Gasteiger charge is -2.19. The molecule has 0 radical (unpaired) electrons. The van der Waals surface area contributed by atoms with Crippen LogP contribution in [-0.4, -0.2) is 111 Å². The number of hydrogen-bond acceptors (Lipinski definition) is 9. The van der Waals surface area contributed by atoms with Crippen molar-refractivity contribution < 1.29 is 42.7 Å². The van der Waals surface area contributed by atoms with Gasteiger partial charge in [0.15, 0.2) is 0 Å². The van der Waals surface area contributed by atoms with Crippen molar-refractivity contribution in [2.45, 2.75) is 26.4 Å². The molecular formula is C20H41NO9. The second-order valence-corrected chi connectivity index (χ2v) is 7.10. The van der Waals surface area contributed by atoms with Crippen LogP contribution in [0.1, 0.15) is 20.8 Å². The molecule has 0 aromatic carbocycles. The van der Waals surface area contributed by atoms with Gasteiger partial charge in [0.2, 0.25) is 0 Å². The molecule has 1 N–H and O–H groups in total. The lowest BCUT2D eigenvalue weighted by Crippen LogP contribution is -2.34. The number of rotatable bonds is 21. The number of hydrogen-bond donors (Lipinski definition) is 1. The zero-order valence-electron chi connectivity index (χ0n) is 19.1. The molecule has 0 aliphatic heterocycles. The van der Waals surface area contributed by atoms with E-state index >= 15 is 0 Å². The molecule has 0 aliphatic rings. The summed E-state index contributed by atoms with van der Waals surface area (Å²) in [4.78, 5) is 11.4. The Morgan fingerprint density at radius 3 is 1.27 bits per heavy atom. The van der Waals surface area contributed by atoms with Crippen LogP contribution in [0.4, 0.5) is 4.79 Å². The molecule has 0 saturated carbocycles. The van der Waals surface area contributed by atoms with Gasteiger partial charge in [0.05, 0.1) is 85.9 Å². The van der Waals surface area contributed by atoms with Crippen LogP contribution in [0.5, 0.6) is 0 Å². The molecule has 10 nitrogen and oxygen atoms in total. The van der Waals surface area contributed by atoms with E-state index in [2.05, 4.69) is 5.32 Å². The number of amides is 1. The highest BCUT2D eigenvalue weighted by molar-refractivity contribution is 5.67. The van der Waals surface area contributed by atoms with Crippen LogP contribution in [-0.2, 0) is 37.9 Å². The molecule has 30 heavy (non-hydrogen) atoms. The summed E-state index contributed by atoms with van der Waals surface area (Å²) in [7, 11) is 1.64. The predicted octanol–water partition coefficient (Wildman–Crippen LogP) is 1.26. The Balaban J connectivity index is 3.11. The van der Waals surface area contributed by atoms with E-state index in [0.717, 1.165) is 0 Å². The Morgan fingerprint density at radius 2 is 0.933 bits per heavy atom. The lowest BCUT2D eigenvalue weighted by molar-refractivity contribution is -0.0190. The Kier molecular flexibility index (Phi) is 20.5. The van der Waals surface area contributed by atoms with Gasteiger partial charge in [0, 0.05) is 13.7 Å². The first-order chi connectivity index (χ1) is 14.5. The molecule has 0 fully saturated rings. The number of nitrogens with one attached hydrogen (secondary N) is 1. The van der Waals surface area contributed by atoms with E-state index in [1.807, 2.05) is 20.8 Å². The van der Waals surface area contributed by atoms with E-state index in [0.29, 0.717) is 92.4 Å². The first kappa shape index (κ1) is 29.0. The van der Waals surface area contributed by atoms with Crippen molar-refractivity contribution >= 4 is 6.09 Å². The third-order valence-electron chi connectivity index (χ3n) is 3.21. The first-order valence-corrected chi connectivity index (χ1v) is 10.4. The van der Waals surface area contributed by atoms with E-state index in [9.17, 15) is 4.79 Å². The van der Waals surface area contributed by atoms with Crippen molar-refractivity contribution in [3.63, 3.8) is 0 Å². The summed E-state index contributed by atoms with van der Waals surface area (Å²) in [5, 5.41) is 2.62. The van der Waals surface area contributed by atoms with Crippen molar-refractivity contribution in [1.29, 1.82) is 0 Å². The summed E-state index contributed by atoms with van der Waals surface area (Å²) >= 11 is 0. The van der Waals surface area contributed by atoms with Gasteiger partial charge in [-0.05, 0) is 20.8 Å². The van der Waals surface area contributed by atoms with Gasteiger partial charge in [-0.15, -0.1) is 0 Å². The first-order valence-electron chi connectivity index (χ1n) is 10.4.